The summed E-state index contributed by atoms with van der Waals surface area (Å²) in [5, 5.41) is 0. The highest BCUT2D eigenvalue weighted by Gasteiger charge is 2.58. The zero-order chi connectivity index (χ0) is 9.62. The minimum atomic E-state index is -2.80. The van der Waals surface area contributed by atoms with Crippen LogP contribution in [0.25, 0.3) is 0 Å². The highest BCUT2D eigenvalue weighted by molar-refractivity contribution is 7.42. The Morgan fingerprint density at radius 3 is 1.92 bits per heavy atom. The lowest BCUT2D eigenvalue weighted by atomic mass is 10.3. The molecular formula is C4H4Cl6OSi. The van der Waals surface area contributed by atoms with Crippen molar-refractivity contribution < 1.29 is 4.43 Å². The van der Waals surface area contributed by atoms with Crippen LogP contribution in [-0.2, 0) is 4.43 Å². The molecule has 1 nitrogen and oxygen atoms in total. The molecule has 1 fully saturated rings. The first kappa shape index (κ1) is 12.0. The smallest absolute Gasteiger partial charge is 0.358 e. The molecule has 0 aromatic rings. The summed E-state index contributed by atoms with van der Waals surface area (Å²) >= 11 is 34.5. The first-order valence-corrected chi connectivity index (χ1v) is 8.65. The summed E-state index contributed by atoms with van der Waals surface area (Å²) in [4.78, 5) is 0. The molecule has 72 valence electrons. The molecule has 1 rings (SSSR count). The molecule has 1 aliphatic heterocycles. The topological polar surface area (TPSA) is 9.23 Å². The van der Waals surface area contributed by atoms with Crippen molar-refractivity contribution in [1.82, 2.24) is 0 Å². The largest absolute Gasteiger partial charge is 0.391 e. The van der Waals surface area contributed by atoms with Crippen LogP contribution in [0.2, 0.25) is 6.04 Å². The van der Waals surface area contributed by atoms with Crippen LogP contribution >= 0.6 is 68.6 Å². The van der Waals surface area contributed by atoms with Crippen LogP contribution in [0.15, 0.2) is 0 Å². The van der Waals surface area contributed by atoms with Crippen molar-refractivity contribution in [2.24, 2.45) is 0 Å². The predicted molar refractivity (Wildman–Crippen MR) is 56.8 cm³/mol. The van der Waals surface area contributed by atoms with Crippen molar-refractivity contribution in [3.05, 3.63) is 0 Å². The van der Waals surface area contributed by atoms with Crippen LogP contribution in [-0.4, -0.2) is 15.8 Å². The van der Waals surface area contributed by atoms with Gasteiger partial charge < -0.3 is 4.43 Å². The Hall–Kier alpha value is 1.92. The minimum Gasteiger partial charge on any atom is -0.358 e. The zero-order valence-corrected chi connectivity index (χ0v) is 11.1. The summed E-state index contributed by atoms with van der Waals surface area (Å²) in [5.74, 6) is 0. The van der Waals surface area contributed by atoms with E-state index >= 15 is 0 Å². The van der Waals surface area contributed by atoms with Crippen LogP contribution in [0.3, 0.4) is 0 Å². The average molecular weight is 309 g/mol. The standard InChI is InChI=1S/C4H4Cl6OSi/c5-3(6)1-2-12(9,10)11-4(3,7)8/h1-2H2. The summed E-state index contributed by atoms with van der Waals surface area (Å²) in [6.45, 7) is -2.80. The molecule has 12 heavy (non-hydrogen) atoms. The molecular weight excluding hydrogens is 305 g/mol. The van der Waals surface area contributed by atoms with E-state index < -0.39 is 15.8 Å². The van der Waals surface area contributed by atoms with E-state index in [1.165, 1.54) is 0 Å². The molecule has 0 atom stereocenters. The monoisotopic (exact) mass is 306 g/mol. The van der Waals surface area contributed by atoms with Gasteiger partial charge in [-0.15, -0.1) is 22.2 Å². The Morgan fingerprint density at radius 1 is 1.08 bits per heavy atom. The number of alkyl halides is 4. The van der Waals surface area contributed by atoms with Crippen molar-refractivity contribution in [2.75, 3.05) is 0 Å². The maximum atomic E-state index is 5.78. The maximum Gasteiger partial charge on any atom is 0.391 e. The summed E-state index contributed by atoms with van der Waals surface area (Å²) in [6.07, 6.45) is 0.322. The highest BCUT2D eigenvalue weighted by Crippen LogP contribution is 2.54. The molecule has 0 bridgehead atoms. The third-order valence-corrected chi connectivity index (χ3v) is 6.82. The van der Waals surface area contributed by atoms with Gasteiger partial charge in [-0.05, 0) is 12.5 Å². The van der Waals surface area contributed by atoms with E-state index in [2.05, 4.69) is 0 Å². The molecule has 0 aromatic heterocycles. The lowest BCUT2D eigenvalue weighted by molar-refractivity contribution is 0.200. The van der Waals surface area contributed by atoms with Crippen LogP contribution < -0.4 is 0 Å². The number of hydrogen-bond acceptors (Lipinski definition) is 1. The van der Waals surface area contributed by atoms with Gasteiger partial charge in [0.2, 0.25) is 4.52 Å². The van der Waals surface area contributed by atoms with Crippen LogP contribution in [0.5, 0.6) is 0 Å². The van der Waals surface area contributed by atoms with Gasteiger partial charge in [-0.25, -0.2) is 0 Å². The van der Waals surface area contributed by atoms with E-state index in [9.17, 15) is 0 Å². The van der Waals surface area contributed by atoms with Crippen molar-refractivity contribution in [2.45, 2.75) is 21.3 Å². The molecule has 0 unspecified atom stereocenters. The molecule has 0 N–H and O–H groups in total. The highest BCUT2D eigenvalue weighted by atomic mass is 35.7. The van der Waals surface area contributed by atoms with Gasteiger partial charge in [0.25, 0.3) is 0 Å². The second-order valence-electron chi connectivity index (χ2n) is 2.46. The Labute approximate surface area is 101 Å². The Kier molecular flexibility index (Phi) is 3.49. The lowest BCUT2D eigenvalue weighted by Crippen LogP contribution is -2.50. The molecule has 0 radical (unpaired) electrons. The second-order valence-corrected chi connectivity index (χ2v) is 11.4. The van der Waals surface area contributed by atoms with Gasteiger partial charge in [-0.1, -0.05) is 46.4 Å². The third kappa shape index (κ3) is 2.48. The van der Waals surface area contributed by atoms with E-state index in [1.54, 1.807) is 0 Å². The van der Waals surface area contributed by atoms with Gasteiger partial charge in [0.15, 0.2) is 4.33 Å². The first-order valence-electron chi connectivity index (χ1n) is 3.00. The Bertz CT molecular complexity index is 192. The lowest BCUT2D eigenvalue weighted by Gasteiger charge is -2.41. The van der Waals surface area contributed by atoms with Crippen molar-refractivity contribution in [3.8, 4) is 0 Å². The molecule has 0 aliphatic carbocycles. The van der Waals surface area contributed by atoms with Crippen LogP contribution in [0.1, 0.15) is 6.42 Å². The van der Waals surface area contributed by atoms with E-state index in [1.807, 2.05) is 0 Å². The second kappa shape index (κ2) is 3.49. The van der Waals surface area contributed by atoms with Gasteiger partial charge in [0, 0.05) is 0 Å². The van der Waals surface area contributed by atoms with E-state index in [0.717, 1.165) is 0 Å². The maximum absolute atomic E-state index is 5.78. The van der Waals surface area contributed by atoms with Crippen molar-refractivity contribution in [1.29, 1.82) is 0 Å². The van der Waals surface area contributed by atoms with Crippen LogP contribution in [0.4, 0.5) is 0 Å². The summed E-state index contributed by atoms with van der Waals surface area (Å²) in [6, 6.07) is 0.407. The molecule has 1 heterocycles. The number of halogens is 6. The molecule has 0 spiro atoms. The molecule has 1 aliphatic rings. The number of hydrogen-bond donors (Lipinski definition) is 0. The Morgan fingerprint density at radius 2 is 1.58 bits per heavy atom. The first-order chi connectivity index (χ1) is 5.16. The van der Waals surface area contributed by atoms with E-state index in [0.29, 0.717) is 12.5 Å². The van der Waals surface area contributed by atoms with Gasteiger partial charge in [-0.3, -0.25) is 0 Å². The molecule has 1 saturated heterocycles. The summed E-state index contributed by atoms with van der Waals surface area (Å²) in [5.41, 5.74) is 0. The quantitative estimate of drug-likeness (QED) is 0.371. The fourth-order valence-corrected chi connectivity index (χ4v) is 5.51. The van der Waals surface area contributed by atoms with E-state index in [-0.39, 0.29) is 0 Å². The third-order valence-electron chi connectivity index (χ3n) is 1.43. The Balaban J connectivity index is 2.82. The average Bonchev–Trinajstić information content (AvgIpc) is 1.79. The number of rotatable bonds is 0. The molecule has 0 saturated carbocycles. The SMILES string of the molecule is ClC1(Cl)CC[Si](Cl)(Cl)OC1(Cl)Cl. The zero-order valence-electron chi connectivity index (χ0n) is 5.59. The van der Waals surface area contributed by atoms with Crippen LogP contribution in [0, 0.1) is 0 Å². The summed E-state index contributed by atoms with van der Waals surface area (Å²) < 4.78 is 1.94. The van der Waals surface area contributed by atoms with Gasteiger partial charge in [-0.2, -0.15) is 0 Å². The minimum absolute atomic E-state index is 0.322. The molecule has 0 aromatic carbocycles. The van der Waals surface area contributed by atoms with Crippen molar-refractivity contribution in [3.63, 3.8) is 0 Å². The summed E-state index contributed by atoms with van der Waals surface area (Å²) in [7, 11) is 0. The predicted octanol–water partition coefficient (Wildman–Crippen LogP) is 4.13. The molecule has 8 heteroatoms. The normalized spacial score (nSPS) is 31.5. The van der Waals surface area contributed by atoms with Crippen molar-refractivity contribution >= 4 is 75.5 Å². The fraction of sp³-hybridized carbons (Fsp3) is 1.00. The van der Waals surface area contributed by atoms with Gasteiger partial charge in [0.1, 0.15) is 0 Å². The fourth-order valence-electron chi connectivity index (χ4n) is 0.761. The van der Waals surface area contributed by atoms with Gasteiger partial charge in [0.05, 0.1) is 0 Å². The molecule has 0 amide bonds. The van der Waals surface area contributed by atoms with E-state index in [4.69, 9.17) is 73.0 Å². The van der Waals surface area contributed by atoms with Gasteiger partial charge >= 0.3 is 6.94 Å².